The molecule has 0 unspecified atom stereocenters. The Balaban J connectivity index is 1.43. The van der Waals surface area contributed by atoms with Gasteiger partial charge in [0, 0.05) is 36.3 Å². The highest BCUT2D eigenvalue weighted by Gasteiger charge is 2.43. The van der Waals surface area contributed by atoms with Crippen molar-refractivity contribution in [3.8, 4) is 0 Å². The minimum Gasteiger partial charge on any atom is -0.382 e. The van der Waals surface area contributed by atoms with Gasteiger partial charge in [0.2, 0.25) is 5.91 Å². The lowest BCUT2D eigenvalue weighted by molar-refractivity contribution is -0.138. The van der Waals surface area contributed by atoms with Crippen LogP contribution in [0.2, 0.25) is 0 Å². The number of amides is 2. The molecule has 2 aliphatic rings. The lowest BCUT2D eigenvalue weighted by Crippen LogP contribution is -2.47. The minimum absolute atomic E-state index is 0.000896. The third-order valence-corrected chi connectivity index (χ3v) is 9.25. The van der Waals surface area contributed by atoms with Crippen LogP contribution < -0.4 is 15.5 Å². The van der Waals surface area contributed by atoms with Gasteiger partial charge in [-0.25, -0.2) is 4.39 Å². The van der Waals surface area contributed by atoms with Crippen molar-refractivity contribution in [2.75, 3.05) is 28.7 Å². The molecule has 0 aliphatic carbocycles. The van der Waals surface area contributed by atoms with Crippen molar-refractivity contribution in [1.82, 2.24) is 0 Å². The maximum Gasteiger partial charge on any atom is 0.416 e. The van der Waals surface area contributed by atoms with Gasteiger partial charge >= 0.3 is 6.18 Å². The predicted octanol–water partition coefficient (Wildman–Crippen LogP) is 8.51. The summed E-state index contributed by atoms with van der Waals surface area (Å²) in [4.78, 5) is 30.2. The van der Waals surface area contributed by atoms with E-state index in [-0.39, 0.29) is 35.7 Å². The molecule has 1 fully saturated rings. The summed E-state index contributed by atoms with van der Waals surface area (Å²) in [6, 6.07) is 22.1. The van der Waals surface area contributed by atoms with Crippen LogP contribution in [-0.2, 0) is 28.5 Å². The Morgan fingerprint density at radius 1 is 0.917 bits per heavy atom. The molecule has 48 heavy (non-hydrogen) atoms. The van der Waals surface area contributed by atoms with Gasteiger partial charge in [0.05, 0.1) is 23.1 Å². The van der Waals surface area contributed by atoms with Crippen molar-refractivity contribution >= 4 is 28.9 Å². The van der Waals surface area contributed by atoms with Gasteiger partial charge in [-0.15, -0.1) is 0 Å². The molecule has 6 nitrogen and oxygen atoms in total. The van der Waals surface area contributed by atoms with Crippen LogP contribution in [0.25, 0.3) is 0 Å². The third kappa shape index (κ3) is 6.80. The Labute approximate surface area is 277 Å². The number of alkyl halides is 3. The standard InChI is InChI=1S/C38H37F4N3O3/c1-3-24-11-16-29(22-31(24)38(40,41)42)44-36(46)30-21-26-8-4-5-10-33(26)45(37(47)34-23(2)7-6-9-32(34)39)35(30)25-12-14-27(15-13-25)43-28-17-19-48-20-18-28/h4-16,22,28,30,35,43H,3,17-21H2,1-2H3,(H,44,46)/t30-,35-/m0/s1. The van der Waals surface area contributed by atoms with E-state index in [1.165, 1.54) is 29.2 Å². The number of nitrogens with zero attached hydrogens (tertiary/aromatic N) is 1. The number of rotatable bonds is 7. The third-order valence-electron chi connectivity index (χ3n) is 9.25. The fraction of sp³-hybridized carbons (Fsp3) is 0.316. The lowest BCUT2D eigenvalue weighted by atomic mass is 9.80. The molecule has 2 aliphatic heterocycles. The number of ether oxygens (including phenoxy) is 1. The first kappa shape index (κ1) is 33.2. The molecule has 0 bridgehead atoms. The van der Waals surface area contributed by atoms with Gasteiger partial charge in [0.1, 0.15) is 5.82 Å². The second kappa shape index (κ2) is 13.8. The minimum atomic E-state index is -4.60. The first-order valence-corrected chi connectivity index (χ1v) is 16.2. The molecule has 0 radical (unpaired) electrons. The number of para-hydroxylation sites is 1. The van der Waals surface area contributed by atoms with E-state index in [0.29, 0.717) is 35.6 Å². The number of fused-ring (bicyclic) bond motifs is 1. The van der Waals surface area contributed by atoms with Gasteiger partial charge in [-0.2, -0.15) is 13.2 Å². The summed E-state index contributed by atoms with van der Waals surface area (Å²) in [6.45, 7) is 4.64. The fourth-order valence-electron chi connectivity index (χ4n) is 6.79. The van der Waals surface area contributed by atoms with E-state index in [4.69, 9.17) is 4.74 Å². The number of anilines is 3. The number of hydrogen-bond donors (Lipinski definition) is 2. The molecule has 10 heteroatoms. The van der Waals surface area contributed by atoms with E-state index < -0.39 is 41.3 Å². The fourth-order valence-corrected chi connectivity index (χ4v) is 6.79. The molecule has 1 saturated heterocycles. The largest absolute Gasteiger partial charge is 0.416 e. The highest BCUT2D eigenvalue weighted by molar-refractivity contribution is 6.09. The zero-order valence-corrected chi connectivity index (χ0v) is 26.7. The molecule has 2 amide bonds. The van der Waals surface area contributed by atoms with Crippen LogP contribution in [0, 0.1) is 18.7 Å². The molecule has 2 heterocycles. The van der Waals surface area contributed by atoms with Gasteiger partial charge in [0.15, 0.2) is 0 Å². The number of halogens is 4. The Hall–Kier alpha value is -4.70. The van der Waals surface area contributed by atoms with Crippen LogP contribution in [0.4, 0.5) is 34.6 Å². The van der Waals surface area contributed by atoms with Crippen LogP contribution in [0.15, 0.2) is 84.9 Å². The van der Waals surface area contributed by atoms with Crippen molar-refractivity contribution < 1.29 is 31.9 Å². The summed E-state index contributed by atoms with van der Waals surface area (Å²) in [5.41, 5.74) is 2.35. The second-order valence-corrected chi connectivity index (χ2v) is 12.4. The predicted molar refractivity (Wildman–Crippen MR) is 178 cm³/mol. The molecule has 0 aromatic heterocycles. The van der Waals surface area contributed by atoms with Crippen LogP contribution in [0.5, 0.6) is 0 Å². The van der Waals surface area contributed by atoms with Gasteiger partial charge in [0.25, 0.3) is 5.91 Å². The second-order valence-electron chi connectivity index (χ2n) is 12.4. The van der Waals surface area contributed by atoms with E-state index in [0.717, 1.165) is 24.6 Å². The molecule has 4 aromatic carbocycles. The van der Waals surface area contributed by atoms with E-state index in [1.54, 1.807) is 44.2 Å². The first-order valence-electron chi connectivity index (χ1n) is 16.2. The van der Waals surface area contributed by atoms with Gasteiger partial charge < -0.3 is 15.4 Å². The molecule has 4 aromatic rings. The van der Waals surface area contributed by atoms with E-state index >= 15 is 4.39 Å². The Bertz CT molecular complexity index is 1780. The first-order chi connectivity index (χ1) is 23.0. The Morgan fingerprint density at radius 2 is 1.62 bits per heavy atom. The number of benzene rings is 4. The zero-order valence-electron chi connectivity index (χ0n) is 26.7. The van der Waals surface area contributed by atoms with Gasteiger partial charge in [-0.1, -0.05) is 55.5 Å². The maximum atomic E-state index is 15.3. The molecular formula is C38H37F4N3O3. The maximum absolute atomic E-state index is 15.3. The zero-order chi connectivity index (χ0) is 34.0. The molecule has 0 saturated carbocycles. The van der Waals surface area contributed by atoms with Crippen LogP contribution in [0.1, 0.15) is 64.0 Å². The van der Waals surface area contributed by atoms with E-state index in [9.17, 15) is 22.8 Å². The number of hydrogen-bond acceptors (Lipinski definition) is 4. The number of aryl methyl sites for hydroxylation is 2. The summed E-state index contributed by atoms with van der Waals surface area (Å²) in [5, 5.41) is 6.23. The number of carbonyl (C=O) groups excluding carboxylic acids is 2. The number of nitrogens with one attached hydrogen (secondary N) is 2. The van der Waals surface area contributed by atoms with E-state index in [2.05, 4.69) is 10.6 Å². The van der Waals surface area contributed by atoms with Crippen LogP contribution >= 0.6 is 0 Å². The van der Waals surface area contributed by atoms with Crippen molar-refractivity contribution in [3.63, 3.8) is 0 Å². The monoisotopic (exact) mass is 659 g/mol. The summed E-state index contributed by atoms with van der Waals surface area (Å²) in [7, 11) is 0. The highest BCUT2D eigenvalue weighted by Crippen LogP contribution is 2.44. The summed E-state index contributed by atoms with van der Waals surface area (Å²) >= 11 is 0. The van der Waals surface area contributed by atoms with Crippen molar-refractivity contribution in [2.24, 2.45) is 5.92 Å². The Morgan fingerprint density at radius 3 is 2.31 bits per heavy atom. The van der Waals surface area contributed by atoms with Gasteiger partial charge in [-0.3, -0.25) is 14.5 Å². The molecule has 2 atom stereocenters. The molecule has 2 N–H and O–H groups in total. The van der Waals surface area contributed by atoms with Gasteiger partial charge in [-0.05, 0) is 91.3 Å². The quantitative estimate of drug-likeness (QED) is 0.195. The topological polar surface area (TPSA) is 70.7 Å². The van der Waals surface area contributed by atoms with Crippen LogP contribution in [0.3, 0.4) is 0 Å². The van der Waals surface area contributed by atoms with Crippen molar-refractivity contribution in [2.45, 2.75) is 57.8 Å². The van der Waals surface area contributed by atoms with E-state index in [1.807, 2.05) is 24.3 Å². The molecule has 6 rings (SSSR count). The Kier molecular flexibility index (Phi) is 9.55. The summed E-state index contributed by atoms with van der Waals surface area (Å²) < 4.78 is 62.5. The summed E-state index contributed by atoms with van der Waals surface area (Å²) in [5.74, 6) is -2.78. The SMILES string of the molecule is CCc1ccc(NC(=O)[C@H]2Cc3ccccc3N(C(=O)c3c(C)cccc3F)[C@H]2c2ccc(NC3CCOCC3)cc2)cc1C(F)(F)F. The highest BCUT2D eigenvalue weighted by atomic mass is 19.4. The van der Waals surface area contributed by atoms with Crippen molar-refractivity contribution in [3.05, 3.63) is 124 Å². The number of carbonyl (C=O) groups is 2. The average molecular weight is 660 g/mol. The lowest BCUT2D eigenvalue weighted by Gasteiger charge is -2.42. The van der Waals surface area contributed by atoms with Crippen LogP contribution in [-0.4, -0.2) is 31.1 Å². The smallest absolute Gasteiger partial charge is 0.382 e. The molecule has 250 valence electrons. The average Bonchev–Trinajstić information content (AvgIpc) is 3.07. The summed E-state index contributed by atoms with van der Waals surface area (Å²) in [6.07, 6.45) is -2.49. The normalized spacial score (nSPS) is 18.2. The molecule has 0 spiro atoms. The molecular weight excluding hydrogens is 622 g/mol. The van der Waals surface area contributed by atoms with Crippen molar-refractivity contribution in [1.29, 1.82) is 0 Å².